The number of aryl methyl sites for hydroxylation is 1. The molecule has 6 atom stereocenters. The van der Waals surface area contributed by atoms with Crippen LogP contribution in [0, 0.1) is 6.92 Å². The Bertz CT molecular complexity index is 1110. The van der Waals surface area contributed by atoms with Crippen LogP contribution in [0.1, 0.15) is 31.9 Å². The van der Waals surface area contributed by atoms with Gasteiger partial charge in [-0.2, -0.15) is 0 Å². The summed E-state index contributed by atoms with van der Waals surface area (Å²) in [5.41, 5.74) is 0.143. The van der Waals surface area contributed by atoms with Crippen molar-refractivity contribution in [2.45, 2.75) is 63.4 Å². The molecule has 4 rings (SSSR count). The second-order valence-electron chi connectivity index (χ2n) is 10.2. The lowest BCUT2D eigenvalue weighted by molar-refractivity contribution is -0.135. The molecular formula is C26H34N4O7. The summed E-state index contributed by atoms with van der Waals surface area (Å²) in [5.74, 6) is -1.11. The number of hydrogen-bond donors (Lipinski definition) is 3. The van der Waals surface area contributed by atoms with Crippen molar-refractivity contribution in [3.8, 4) is 0 Å². The average Bonchev–Trinajstić information content (AvgIpc) is 3.74. The number of amides is 3. The Labute approximate surface area is 215 Å². The van der Waals surface area contributed by atoms with Crippen LogP contribution in [0.2, 0.25) is 0 Å². The predicted molar refractivity (Wildman–Crippen MR) is 132 cm³/mol. The van der Waals surface area contributed by atoms with Crippen LogP contribution in [-0.2, 0) is 39.9 Å². The molecule has 1 aromatic carbocycles. The molecule has 4 unspecified atom stereocenters. The number of carbonyl (C=O) groups is 4. The minimum atomic E-state index is -1.03. The number of ether oxygens (including phenoxy) is 2. The van der Waals surface area contributed by atoms with Gasteiger partial charge in [-0.15, -0.1) is 5.06 Å². The molecule has 1 aromatic rings. The maximum absolute atomic E-state index is 13.1. The van der Waals surface area contributed by atoms with E-state index in [4.69, 9.17) is 14.3 Å². The highest BCUT2D eigenvalue weighted by molar-refractivity contribution is 5.99. The van der Waals surface area contributed by atoms with Gasteiger partial charge in [0, 0.05) is 7.11 Å². The number of carbonyl (C=O) groups excluding carboxylic acids is 4. The highest BCUT2D eigenvalue weighted by atomic mass is 16.7. The van der Waals surface area contributed by atoms with Gasteiger partial charge in [-0.25, -0.2) is 0 Å². The topological polar surface area (TPSA) is 138 Å². The number of nitrogens with zero attached hydrogens (tertiary/aromatic N) is 1. The third kappa shape index (κ3) is 5.84. The third-order valence-electron chi connectivity index (χ3n) is 6.81. The Morgan fingerprint density at radius 3 is 2.30 bits per heavy atom. The van der Waals surface area contributed by atoms with Crippen LogP contribution in [0.4, 0.5) is 0 Å². The summed E-state index contributed by atoms with van der Waals surface area (Å²) in [4.78, 5) is 57.3. The standard InChI is InChI=1S/C26H34N4O7/c1-15-6-8-18(9-7-15)10-19(21(31)25(4)14-36-25)28-22(32)17(3)27-23(33)20(12-35-5)29-24(34)26-11-16(2)37-30(26)13-26/h6-9,11,17,19-20H,10,12-14H2,1-5H3,(H,27,33)(H,28,32)(H,29,34)/t17-,19?,20?,25+,26?,30?/m0/s1. The number of fused-ring (bicyclic) bond motifs is 1. The summed E-state index contributed by atoms with van der Waals surface area (Å²) in [6.45, 7) is 7.53. The number of hydroxylamine groups is 2. The Morgan fingerprint density at radius 2 is 1.73 bits per heavy atom. The molecule has 0 saturated carbocycles. The molecule has 11 nitrogen and oxygen atoms in total. The summed E-state index contributed by atoms with van der Waals surface area (Å²) < 4.78 is 10.4. The summed E-state index contributed by atoms with van der Waals surface area (Å²) in [6, 6.07) is 4.88. The molecule has 3 N–H and O–H groups in total. The van der Waals surface area contributed by atoms with Crippen LogP contribution in [0.5, 0.6) is 0 Å². The van der Waals surface area contributed by atoms with Gasteiger partial charge in [0.25, 0.3) is 0 Å². The first-order valence-electron chi connectivity index (χ1n) is 12.3. The van der Waals surface area contributed by atoms with Gasteiger partial charge in [-0.05, 0) is 45.8 Å². The molecule has 11 heteroatoms. The largest absolute Gasteiger partial charge is 0.409 e. The minimum absolute atomic E-state index is 0.0875. The Balaban J connectivity index is 1.37. The fourth-order valence-corrected chi connectivity index (χ4v) is 4.30. The second-order valence-corrected chi connectivity index (χ2v) is 10.2. The Morgan fingerprint density at radius 1 is 1.05 bits per heavy atom. The molecule has 3 aliphatic heterocycles. The van der Waals surface area contributed by atoms with E-state index in [9.17, 15) is 19.2 Å². The zero-order valence-corrected chi connectivity index (χ0v) is 21.8. The molecule has 3 amide bonds. The van der Waals surface area contributed by atoms with Gasteiger partial charge in [0.2, 0.25) is 17.7 Å². The minimum Gasteiger partial charge on any atom is -0.409 e. The lowest BCUT2D eigenvalue weighted by atomic mass is 9.94. The first-order chi connectivity index (χ1) is 17.5. The zero-order chi connectivity index (χ0) is 27.0. The summed E-state index contributed by atoms with van der Waals surface area (Å²) in [5, 5.41) is 9.59. The number of allylic oxidation sites excluding steroid dienone is 1. The van der Waals surface area contributed by atoms with Gasteiger partial charge in [0.05, 0.1) is 25.8 Å². The van der Waals surface area contributed by atoms with E-state index in [0.717, 1.165) is 11.1 Å². The number of nitrogens with one attached hydrogen (secondary N) is 3. The van der Waals surface area contributed by atoms with Crippen molar-refractivity contribution in [1.29, 1.82) is 0 Å². The predicted octanol–water partition coefficient (Wildman–Crippen LogP) is -0.0804. The smallest absolute Gasteiger partial charge is 0.250 e. The van der Waals surface area contributed by atoms with Gasteiger partial charge in [-0.1, -0.05) is 29.8 Å². The van der Waals surface area contributed by atoms with Gasteiger partial charge in [-0.3, -0.25) is 19.2 Å². The molecule has 3 heterocycles. The summed E-state index contributed by atoms with van der Waals surface area (Å²) in [7, 11) is 1.41. The van der Waals surface area contributed by atoms with Crippen molar-refractivity contribution < 1.29 is 33.5 Å². The molecule has 0 bridgehead atoms. The van der Waals surface area contributed by atoms with Crippen molar-refractivity contribution in [2.24, 2.45) is 0 Å². The molecule has 3 aliphatic rings. The quantitative estimate of drug-likeness (QED) is 0.329. The molecule has 0 aliphatic carbocycles. The number of benzene rings is 1. The van der Waals surface area contributed by atoms with E-state index < -0.39 is 41.1 Å². The Hall–Kier alpha value is -3.28. The van der Waals surface area contributed by atoms with Crippen molar-refractivity contribution >= 4 is 23.5 Å². The molecule has 2 fully saturated rings. The number of epoxide rings is 1. The normalized spacial score (nSPS) is 27.5. The van der Waals surface area contributed by atoms with E-state index in [1.165, 1.54) is 19.1 Å². The average molecular weight is 515 g/mol. The SMILES string of the molecule is COCC(NC(=O)C12C=C(C)ON1C2)C(=O)N[C@@H](C)C(=O)NC(Cc1ccc(C)cc1)C(=O)[C@@]1(C)CO1. The maximum atomic E-state index is 13.1. The lowest BCUT2D eigenvalue weighted by Gasteiger charge is -2.24. The number of hydrogen-bond acceptors (Lipinski definition) is 8. The molecule has 37 heavy (non-hydrogen) atoms. The van der Waals surface area contributed by atoms with Gasteiger partial charge in [0.1, 0.15) is 23.4 Å². The van der Waals surface area contributed by atoms with E-state index in [2.05, 4.69) is 16.0 Å². The zero-order valence-electron chi connectivity index (χ0n) is 21.8. The van der Waals surface area contributed by atoms with E-state index in [1.807, 2.05) is 31.2 Å². The van der Waals surface area contributed by atoms with Gasteiger partial charge in [0.15, 0.2) is 11.3 Å². The van der Waals surface area contributed by atoms with Crippen molar-refractivity contribution in [2.75, 3.05) is 26.9 Å². The maximum Gasteiger partial charge on any atom is 0.250 e. The molecular weight excluding hydrogens is 480 g/mol. The lowest BCUT2D eigenvalue weighted by Crippen LogP contribution is -2.58. The van der Waals surface area contributed by atoms with Crippen LogP contribution < -0.4 is 16.0 Å². The number of Topliss-reactive ketones (excluding diaryl/α,β-unsaturated/α-hetero) is 1. The van der Waals surface area contributed by atoms with Crippen molar-refractivity contribution in [3.05, 3.63) is 47.2 Å². The molecule has 2 saturated heterocycles. The monoisotopic (exact) mass is 514 g/mol. The summed E-state index contributed by atoms with van der Waals surface area (Å²) in [6.07, 6.45) is 2.00. The van der Waals surface area contributed by atoms with Gasteiger partial charge < -0.3 is 30.3 Å². The Kier molecular flexibility index (Phi) is 7.40. The molecule has 0 aromatic heterocycles. The molecule has 0 spiro atoms. The first kappa shape index (κ1) is 26.8. The highest BCUT2D eigenvalue weighted by Gasteiger charge is 2.63. The van der Waals surface area contributed by atoms with E-state index >= 15 is 0 Å². The van der Waals surface area contributed by atoms with Crippen molar-refractivity contribution in [3.63, 3.8) is 0 Å². The summed E-state index contributed by atoms with van der Waals surface area (Å²) >= 11 is 0. The van der Waals surface area contributed by atoms with E-state index in [0.29, 0.717) is 25.3 Å². The first-order valence-corrected chi connectivity index (χ1v) is 12.3. The van der Waals surface area contributed by atoms with Crippen LogP contribution >= 0.6 is 0 Å². The number of methoxy groups -OCH3 is 1. The highest BCUT2D eigenvalue weighted by Crippen LogP contribution is 2.42. The number of ketones is 1. The molecule has 200 valence electrons. The van der Waals surface area contributed by atoms with E-state index in [1.54, 1.807) is 19.9 Å². The third-order valence-corrected chi connectivity index (χ3v) is 6.81. The molecule has 0 radical (unpaired) electrons. The fraction of sp³-hybridized carbons (Fsp3) is 0.538. The van der Waals surface area contributed by atoms with E-state index in [-0.39, 0.29) is 18.3 Å². The van der Waals surface area contributed by atoms with Gasteiger partial charge >= 0.3 is 0 Å². The van der Waals surface area contributed by atoms with Crippen LogP contribution in [0.3, 0.4) is 0 Å². The van der Waals surface area contributed by atoms with Crippen LogP contribution in [0.15, 0.2) is 36.1 Å². The van der Waals surface area contributed by atoms with Crippen molar-refractivity contribution in [1.82, 2.24) is 21.0 Å². The fourth-order valence-electron chi connectivity index (χ4n) is 4.30. The second kappa shape index (κ2) is 10.2. The van der Waals surface area contributed by atoms with Crippen LogP contribution in [0.25, 0.3) is 0 Å². The van der Waals surface area contributed by atoms with Crippen LogP contribution in [-0.4, -0.2) is 84.7 Å². The number of rotatable bonds is 12.